The Morgan fingerprint density at radius 1 is 0.806 bits per heavy atom. The number of nitrogens with zero attached hydrogens (tertiary/aromatic N) is 2. The summed E-state index contributed by atoms with van der Waals surface area (Å²) in [5.74, 6) is 0.127. The van der Waals surface area contributed by atoms with Crippen LogP contribution in [0.3, 0.4) is 0 Å². The fourth-order valence-electron chi connectivity index (χ4n) is 1.40. The Bertz CT molecular complexity index is 783. The summed E-state index contributed by atoms with van der Waals surface area (Å²) >= 11 is 29.4. The number of thiazole rings is 2. The number of hydrogen-bond donors (Lipinski definition) is 0. The molecule has 0 saturated heterocycles. The third-order valence-electron chi connectivity index (χ3n) is 2.98. The van der Waals surface area contributed by atoms with Crippen LogP contribution in [0.25, 0.3) is 0 Å². The quantitative estimate of drug-likeness (QED) is 0.149. The van der Waals surface area contributed by atoms with E-state index in [0.29, 0.717) is 13.0 Å². The fourth-order valence-corrected chi connectivity index (χ4v) is 5.97. The monoisotopic (exact) mass is 624 g/mol. The summed E-state index contributed by atoms with van der Waals surface area (Å²) in [4.78, 5) is 7.75. The number of aromatic nitrogens is 2. The van der Waals surface area contributed by atoms with Crippen molar-refractivity contribution in [1.29, 1.82) is 0 Å². The van der Waals surface area contributed by atoms with Crippen molar-refractivity contribution < 1.29 is 26.3 Å². The minimum absolute atomic E-state index is 0.0339. The molecule has 0 bridgehead atoms. The summed E-state index contributed by atoms with van der Waals surface area (Å²) in [6.45, 7) is 0. The molecule has 2 heterocycles. The zero-order valence-electron chi connectivity index (χ0n) is 14.7. The summed E-state index contributed by atoms with van der Waals surface area (Å²) < 4.78 is 77.6. The highest BCUT2D eigenvalue weighted by molar-refractivity contribution is 8.01. The molecule has 2 aromatic heterocycles. The third-order valence-corrected chi connectivity index (χ3v) is 8.87. The molecule has 0 fully saturated rings. The maximum atomic E-state index is 13.1. The molecule has 0 aromatic carbocycles. The van der Waals surface area contributed by atoms with Crippen molar-refractivity contribution in [2.45, 2.75) is 42.5 Å². The number of alkyl halides is 10. The van der Waals surface area contributed by atoms with Gasteiger partial charge in [0.2, 0.25) is 0 Å². The number of halogens is 11. The van der Waals surface area contributed by atoms with E-state index < -0.39 is 33.9 Å². The molecule has 2 aromatic rings. The summed E-state index contributed by atoms with van der Waals surface area (Å²) in [5, 5.41) is -12.9. The van der Waals surface area contributed by atoms with Crippen molar-refractivity contribution in [2.75, 3.05) is 11.5 Å². The van der Waals surface area contributed by atoms with Gasteiger partial charge in [-0.15, -0.1) is 11.3 Å². The molecule has 0 aliphatic rings. The highest BCUT2D eigenvalue weighted by Crippen LogP contribution is 2.44. The Morgan fingerprint density at radius 3 is 1.65 bits per heavy atom. The average Bonchev–Trinajstić information content (AvgIpc) is 3.25. The van der Waals surface area contributed by atoms with Crippen LogP contribution in [0.15, 0.2) is 26.5 Å². The molecule has 31 heavy (non-hydrogen) atoms. The zero-order valence-corrected chi connectivity index (χ0v) is 21.8. The molecule has 178 valence electrons. The lowest BCUT2D eigenvalue weighted by molar-refractivity contribution is -0.0208. The summed E-state index contributed by atoms with van der Waals surface area (Å²) in [7, 11) is 0. The number of rotatable bonds is 10. The van der Waals surface area contributed by atoms with Crippen LogP contribution < -0.4 is 0 Å². The molecular formula is C14H11Cl5F6N2S4. The first-order valence-corrected chi connectivity index (χ1v) is 13.3. The molecule has 0 saturated carbocycles. The Labute approximate surface area is 215 Å². The molecule has 2 nitrogen and oxygen atoms in total. The lowest BCUT2D eigenvalue weighted by Crippen LogP contribution is -2.34. The Hall–Kier alpha value is 0.990. The molecule has 2 rings (SSSR count). The zero-order chi connectivity index (χ0) is 23.9. The predicted molar refractivity (Wildman–Crippen MR) is 121 cm³/mol. The largest absolute Gasteiger partial charge is 0.369 e. The van der Waals surface area contributed by atoms with Crippen molar-refractivity contribution in [3.05, 3.63) is 22.1 Å². The van der Waals surface area contributed by atoms with E-state index in [-0.39, 0.29) is 11.5 Å². The molecule has 0 aliphatic heterocycles. The predicted octanol–water partition coefficient (Wildman–Crippen LogP) is 9.38. The summed E-state index contributed by atoms with van der Waals surface area (Å²) in [6.07, 6.45) is 1.86. The average molecular weight is 627 g/mol. The number of thioether (sulfide) groups is 2. The van der Waals surface area contributed by atoms with Crippen LogP contribution in [0.2, 0.25) is 4.34 Å². The topological polar surface area (TPSA) is 25.8 Å². The van der Waals surface area contributed by atoms with Crippen LogP contribution in [0.5, 0.6) is 0 Å². The molecule has 0 spiro atoms. The van der Waals surface area contributed by atoms with E-state index in [2.05, 4.69) is 33.2 Å². The van der Waals surface area contributed by atoms with Gasteiger partial charge in [-0.25, -0.2) is 18.7 Å². The Kier molecular flexibility index (Phi) is 12.2. The summed E-state index contributed by atoms with van der Waals surface area (Å²) in [6, 6.07) is 0. The highest BCUT2D eigenvalue weighted by atomic mass is 35.5. The van der Waals surface area contributed by atoms with E-state index in [1.807, 2.05) is 0 Å². The molecule has 0 amide bonds. The molecule has 0 radical (unpaired) electrons. The van der Waals surface area contributed by atoms with Gasteiger partial charge in [0.1, 0.15) is 8.68 Å². The van der Waals surface area contributed by atoms with Crippen molar-refractivity contribution in [2.24, 2.45) is 0 Å². The normalized spacial score (nSPS) is 16.2. The molecule has 0 aliphatic carbocycles. The van der Waals surface area contributed by atoms with Gasteiger partial charge in [0, 0.05) is 35.9 Å². The van der Waals surface area contributed by atoms with Crippen LogP contribution in [-0.2, 0) is 0 Å². The van der Waals surface area contributed by atoms with Crippen LogP contribution >= 0.6 is 104 Å². The maximum Gasteiger partial charge on any atom is 0.369 e. The van der Waals surface area contributed by atoms with E-state index in [1.165, 1.54) is 28.9 Å². The molecule has 2 atom stereocenters. The van der Waals surface area contributed by atoms with Gasteiger partial charge in [-0.3, -0.25) is 0 Å². The van der Waals surface area contributed by atoms with E-state index in [4.69, 9.17) is 34.8 Å². The van der Waals surface area contributed by atoms with Gasteiger partial charge in [0.25, 0.3) is 10.3 Å². The van der Waals surface area contributed by atoms with E-state index in [0.717, 1.165) is 23.5 Å². The minimum atomic E-state index is -4.09. The van der Waals surface area contributed by atoms with E-state index in [9.17, 15) is 26.3 Å². The van der Waals surface area contributed by atoms with Gasteiger partial charge >= 0.3 is 10.8 Å². The first-order chi connectivity index (χ1) is 14.1. The second-order valence-corrected chi connectivity index (χ2v) is 12.7. The van der Waals surface area contributed by atoms with Crippen LogP contribution in [-0.4, -0.2) is 42.5 Å². The first kappa shape index (κ1) is 30.0. The van der Waals surface area contributed by atoms with E-state index >= 15 is 0 Å². The van der Waals surface area contributed by atoms with Gasteiger partial charge in [-0.1, -0.05) is 69.7 Å². The highest BCUT2D eigenvalue weighted by Gasteiger charge is 2.52. The molecule has 0 N–H and O–H groups in total. The molecule has 17 heteroatoms. The van der Waals surface area contributed by atoms with Gasteiger partial charge in [0.15, 0.2) is 4.34 Å². The van der Waals surface area contributed by atoms with Crippen molar-refractivity contribution in [3.8, 4) is 0 Å². The number of hydrogen-bond acceptors (Lipinski definition) is 6. The van der Waals surface area contributed by atoms with Crippen LogP contribution in [0, 0.1) is 0 Å². The van der Waals surface area contributed by atoms with Crippen molar-refractivity contribution >= 4 is 104 Å². The molecule has 2 unspecified atom stereocenters. The second kappa shape index (κ2) is 12.6. The standard InChI is InChI=1S/C7H5Cl3F3NS2.C7H6Cl2F3NS2/c8-4-3-14-5(16-4)15-2-1-6(9,11)7(10,12)13;8-6(10,7(9,11)12)1-3-14-5-13-2-4-15-5/h3H,1-2H2;2,4H,1,3H2. The molecular weight excluding hydrogens is 616 g/mol. The van der Waals surface area contributed by atoms with Crippen LogP contribution in [0.1, 0.15) is 12.8 Å². The first-order valence-electron chi connectivity index (χ1n) is 7.71. The van der Waals surface area contributed by atoms with Crippen molar-refractivity contribution in [3.63, 3.8) is 0 Å². The van der Waals surface area contributed by atoms with Gasteiger partial charge in [-0.2, -0.15) is 17.6 Å². The lowest BCUT2D eigenvalue weighted by Gasteiger charge is -2.21. The maximum absolute atomic E-state index is 13.1. The third kappa shape index (κ3) is 10.9. The summed E-state index contributed by atoms with van der Waals surface area (Å²) in [5.41, 5.74) is 0. The lowest BCUT2D eigenvalue weighted by atomic mass is 10.3. The van der Waals surface area contributed by atoms with E-state index in [1.54, 1.807) is 11.6 Å². The fraction of sp³-hybridized carbons (Fsp3) is 0.571. The minimum Gasteiger partial charge on any atom is -0.238 e. The van der Waals surface area contributed by atoms with Gasteiger partial charge in [-0.05, 0) is 23.2 Å². The second-order valence-electron chi connectivity index (χ2n) is 5.33. The Morgan fingerprint density at radius 2 is 1.29 bits per heavy atom. The smallest absolute Gasteiger partial charge is 0.238 e. The SMILES string of the molecule is FC(F)(Cl)C(F)(Cl)CCSc1ncc(Cl)s1.FC(F)(Cl)C(F)(Cl)CCSc1nccs1. The van der Waals surface area contributed by atoms with Gasteiger partial charge in [0.05, 0.1) is 6.20 Å². The van der Waals surface area contributed by atoms with Crippen LogP contribution in [0.4, 0.5) is 26.3 Å². The Balaban J connectivity index is 0.000000311. The van der Waals surface area contributed by atoms with Crippen molar-refractivity contribution in [1.82, 2.24) is 9.97 Å². The van der Waals surface area contributed by atoms with Gasteiger partial charge < -0.3 is 0 Å².